The number of hydrogen-bond donors (Lipinski definition) is 3. The van der Waals surface area contributed by atoms with Crippen molar-refractivity contribution < 1.29 is 13.5 Å². The summed E-state index contributed by atoms with van der Waals surface area (Å²) < 4.78 is 26.6. The Morgan fingerprint density at radius 3 is 2.85 bits per heavy atom. The molecular weight excluding hydrogens is 280 g/mol. The summed E-state index contributed by atoms with van der Waals surface area (Å²) in [6.45, 7) is 2.05. The molecule has 1 aliphatic carbocycles. The van der Waals surface area contributed by atoms with Crippen LogP contribution < -0.4 is 10.3 Å². The first-order chi connectivity index (χ1) is 9.31. The molecule has 2 unspecified atom stereocenters. The van der Waals surface area contributed by atoms with E-state index in [1.165, 1.54) is 6.07 Å². The highest BCUT2D eigenvalue weighted by Crippen LogP contribution is 2.31. The van der Waals surface area contributed by atoms with Crippen molar-refractivity contribution in [2.75, 3.05) is 6.54 Å². The molecule has 2 rings (SSSR count). The number of aromatic amines is 1. The molecule has 1 fully saturated rings. The van der Waals surface area contributed by atoms with Gasteiger partial charge < -0.3 is 10.1 Å². The normalized spacial score (nSPS) is 27.4. The van der Waals surface area contributed by atoms with Crippen molar-refractivity contribution >= 4 is 10.0 Å². The van der Waals surface area contributed by atoms with Crippen LogP contribution in [0.4, 0.5) is 0 Å². The van der Waals surface area contributed by atoms with Crippen molar-refractivity contribution in [2.45, 2.75) is 43.1 Å². The minimum Gasteiger partial charge on any atom is -0.389 e. The zero-order chi connectivity index (χ0) is 14.8. The molecule has 0 amide bonds. The highest BCUT2D eigenvalue weighted by molar-refractivity contribution is 7.89. The van der Waals surface area contributed by atoms with Gasteiger partial charge in [0.2, 0.25) is 15.6 Å². The van der Waals surface area contributed by atoms with E-state index < -0.39 is 15.6 Å². The number of sulfonamides is 1. The number of H-pyrrole nitrogens is 1. The summed E-state index contributed by atoms with van der Waals surface area (Å²) in [6.07, 6.45) is 4.32. The predicted octanol–water partition coefficient (Wildman–Crippen LogP) is 0.594. The molecule has 0 spiro atoms. The summed E-state index contributed by atoms with van der Waals surface area (Å²) in [5, 5.41) is 10.4. The molecule has 0 radical (unpaired) electrons. The first-order valence-corrected chi connectivity index (χ1v) is 8.20. The lowest BCUT2D eigenvalue weighted by Gasteiger charge is -2.35. The van der Waals surface area contributed by atoms with E-state index in [-0.39, 0.29) is 17.0 Å². The van der Waals surface area contributed by atoms with Gasteiger partial charge >= 0.3 is 0 Å². The molecular formula is C13H20N2O4S. The lowest BCUT2D eigenvalue weighted by Crippen LogP contribution is -2.45. The van der Waals surface area contributed by atoms with Gasteiger partial charge in [-0.2, -0.15) is 0 Å². The maximum Gasteiger partial charge on any atom is 0.247 e. The first kappa shape index (κ1) is 15.2. The monoisotopic (exact) mass is 300 g/mol. The molecule has 2 atom stereocenters. The van der Waals surface area contributed by atoms with E-state index in [1.54, 1.807) is 0 Å². The van der Waals surface area contributed by atoms with E-state index in [0.717, 1.165) is 25.1 Å². The average molecular weight is 300 g/mol. The third-order valence-corrected chi connectivity index (χ3v) is 5.12. The van der Waals surface area contributed by atoms with Crippen molar-refractivity contribution in [2.24, 2.45) is 5.92 Å². The average Bonchev–Trinajstić information content (AvgIpc) is 2.37. The van der Waals surface area contributed by atoms with Gasteiger partial charge in [0.1, 0.15) is 0 Å². The number of pyridine rings is 1. The van der Waals surface area contributed by atoms with Crippen LogP contribution in [0, 0.1) is 5.92 Å². The van der Waals surface area contributed by atoms with Gasteiger partial charge in [0.05, 0.1) is 10.5 Å². The molecule has 112 valence electrons. The van der Waals surface area contributed by atoms with Crippen LogP contribution in [0.15, 0.2) is 28.0 Å². The fourth-order valence-corrected chi connectivity index (χ4v) is 3.76. The van der Waals surface area contributed by atoms with E-state index >= 15 is 0 Å². The van der Waals surface area contributed by atoms with Crippen LogP contribution in [0.25, 0.3) is 0 Å². The molecule has 0 saturated heterocycles. The van der Waals surface area contributed by atoms with Gasteiger partial charge in [-0.25, -0.2) is 13.1 Å². The van der Waals surface area contributed by atoms with E-state index in [1.807, 2.05) is 0 Å². The largest absolute Gasteiger partial charge is 0.389 e. The summed E-state index contributed by atoms with van der Waals surface area (Å²) in [7, 11) is -3.71. The van der Waals surface area contributed by atoms with Crippen LogP contribution in [-0.2, 0) is 10.0 Å². The summed E-state index contributed by atoms with van der Waals surface area (Å²) in [5.41, 5.74) is -1.34. The first-order valence-electron chi connectivity index (χ1n) is 6.72. The van der Waals surface area contributed by atoms with Crippen LogP contribution in [0.1, 0.15) is 32.6 Å². The second-order valence-corrected chi connectivity index (χ2v) is 7.41. The Labute approximate surface area is 118 Å². The van der Waals surface area contributed by atoms with Crippen molar-refractivity contribution in [3.05, 3.63) is 28.7 Å². The predicted molar refractivity (Wildman–Crippen MR) is 74.8 cm³/mol. The van der Waals surface area contributed by atoms with Gasteiger partial charge in [0, 0.05) is 18.8 Å². The number of rotatable bonds is 4. The molecule has 20 heavy (non-hydrogen) atoms. The van der Waals surface area contributed by atoms with Gasteiger partial charge in [-0.05, 0) is 24.8 Å². The standard InChI is InChI=1S/C13H20N2O4S/c1-10-3-2-6-13(17,7-10)9-15-20(18,19)11-4-5-12(16)14-8-11/h4-5,8,10,15,17H,2-3,6-7,9H2,1H3,(H,14,16). The van der Waals surface area contributed by atoms with Gasteiger partial charge in [-0.3, -0.25) is 4.79 Å². The highest BCUT2D eigenvalue weighted by atomic mass is 32.2. The lowest BCUT2D eigenvalue weighted by atomic mass is 9.79. The van der Waals surface area contributed by atoms with Crippen LogP contribution in [0.5, 0.6) is 0 Å². The van der Waals surface area contributed by atoms with Gasteiger partial charge in [-0.15, -0.1) is 0 Å². The Morgan fingerprint density at radius 1 is 1.50 bits per heavy atom. The zero-order valence-electron chi connectivity index (χ0n) is 11.4. The van der Waals surface area contributed by atoms with Crippen molar-refractivity contribution in [3.63, 3.8) is 0 Å². The Hall–Kier alpha value is -1.18. The van der Waals surface area contributed by atoms with E-state index in [2.05, 4.69) is 16.6 Å². The quantitative estimate of drug-likeness (QED) is 0.758. The Morgan fingerprint density at radius 2 is 2.25 bits per heavy atom. The van der Waals surface area contributed by atoms with Gasteiger partial charge in [0.25, 0.3) is 0 Å². The second kappa shape index (κ2) is 5.67. The van der Waals surface area contributed by atoms with Crippen LogP contribution >= 0.6 is 0 Å². The van der Waals surface area contributed by atoms with E-state index in [4.69, 9.17) is 0 Å². The van der Waals surface area contributed by atoms with Crippen LogP contribution in [0.2, 0.25) is 0 Å². The topological polar surface area (TPSA) is 99.3 Å². The fourth-order valence-electron chi connectivity index (χ4n) is 2.67. The van der Waals surface area contributed by atoms with Crippen molar-refractivity contribution in [1.29, 1.82) is 0 Å². The van der Waals surface area contributed by atoms with Gasteiger partial charge in [0.15, 0.2) is 0 Å². The Bertz CT molecular complexity index is 605. The molecule has 3 N–H and O–H groups in total. The molecule has 1 heterocycles. The molecule has 1 aliphatic rings. The molecule has 1 aromatic heterocycles. The number of nitrogens with one attached hydrogen (secondary N) is 2. The third kappa shape index (κ3) is 3.68. The molecule has 6 nitrogen and oxygen atoms in total. The van der Waals surface area contributed by atoms with Crippen molar-refractivity contribution in [3.8, 4) is 0 Å². The number of aromatic nitrogens is 1. The minimum atomic E-state index is -3.71. The summed E-state index contributed by atoms with van der Waals surface area (Å²) in [5.74, 6) is 0.395. The summed E-state index contributed by atoms with van der Waals surface area (Å²) in [6, 6.07) is 2.40. The van der Waals surface area contributed by atoms with E-state index in [0.29, 0.717) is 18.8 Å². The number of aliphatic hydroxyl groups is 1. The second-order valence-electron chi connectivity index (χ2n) is 5.64. The molecule has 7 heteroatoms. The molecule has 1 saturated carbocycles. The molecule has 1 aromatic rings. The Balaban J connectivity index is 2.05. The zero-order valence-corrected chi connectivity index (χ0v) is 12.2. The summed E-state index contributed by atoms with van der Waals surface area (Å²) >= 11 is 0. The Kier molecular flexibility index (Phi) is 4.31. The number of hydrogen-bond acceptors (Lipinski definition) is 4. The van der Waals surface area contributed by atoms with Crippen LogP contribution in [0.3, 0.4) is 0 Å². The van der Waals surface area contributed by atoms with E-state index in [9.17, 15) is 18.3 Å². The lowest BCUT2D eigenvalue weighted by molar-refractivity contribution is -0.00751. The van der Waals surface area contributed by atoms with Crippen LogP contribution in [-0.4, -0.2) is 30.7 Å². The van der Waals surface area contributed by atoms with Crippen molar-refractivity contribution in [1.82, 2.24) is 9.71 Å². The molecule has 0 bridgehead atoms. The smallest absolute Gasteiger partial charge is 0.247 e. The molecule has 0 aromatic carbocycles. The SMILES string of the molecule is CC1CCCC(O)(CNS(=O)(=O)c2ccc(=O)[nH]c2)C1. The minimum absolute atomic E-state index is 0.00119. The highest BCUT2D eigenvalue weighted by Gasteiger charge is 2.33. The summed E-state index contributed by atoms with van der Waals surface area (Å²) in [4.78, 5) is 13.2. The maximum absolute atomic E-state index is 12.1. The fraction of sp³-hybridized carbons (Fsp3) is 0.615. The maximum atomic E-state index is 12.1. The van der Waals surface area contributed by atoms with Gasteiger partial charge in [-0.1, -0.05) is 19.8 Å². The molecule has 0 aliphatic heterocycles. The third-order valence-electron chi connectivity index (χ3n) is 3.72.